The Balaban J connectivity index is 1.36. The number of piperidine rings is 1. The van der Waals surface area contributed by atoms with Crippen molar-refractivity contribution in [2.45, 2.75) is 94.7 Å². The largest absolute Gasteiger partial charge is 0.496 e. The van der Waals surface area contributed by atoms with Crippen LogP contribution in [0.15, 0.2) is 24.3 Å². The van der Waals surface area contributed by atoms with Gasteiger partial charge in [0, 0.05) is 51.0 Å². The van der Waals surface area contributed by atoms with Crippen molar-refractivity contribution in [2.75, 3.05) is 33.9 Å². The summed E-state index contributed by atoms with van der Waals surface area (Å²) in [7, 11) is 3.20. The lowest BCUT2D eigenvalue weighted by Gasteiger charge is -2.33. The lowest BCUT2D eigenvalue weighted by molar-refractivity contribution is -0.122. The summed E-state index contributed by atoms with van der Waals surface area (Å²) in [6, 6.07) is 7.23. The molecular weight excluding hydrogens is 544 g/mol. The Morgan fingerprint density at radius 3 is 2.31 bits per heavy atom. The summed E-state index contributed by atoms with van der Waals surface area (Å²) in [5, 5.41) is 10.9. The molecule has 11 heteroatoms. The van der Waals surface area contributed by atoms with Gasteiger partial charge in [-0.05, 0) is 56.7 Å². The first kappa shape index (κ1) is 30.3. The molecule has 1 saturated heterocycles. The number of benzene rings is 1. The maximum atomic E-state index is 13.7. The van der Waals surface area contributed by atoms with Crippen LogP contribution in [0, 0.1) is 0 Å². The first-order valence-corrected chi connectivity index (χ1v) is 15.3. The molecule has 2 aromatic rings. The number of hydrogen-bond donors (Lipinski definition) is 2. The molecule has 2 heterocycles. The molecule has 2 saturated carbocycles. The Morgan fingerprint density at radius 2 is 1.71 bits per heavy atom. The van der Waals surface area contributed by atoms with Gasteiger partial charge in [-0.15, -0.1) is 0 Å². The predicted octanol–water partition coefficient (Wildman–Crippen LogP) is 4.96. The number of hydrogen-bond acceptors (Lipinski definition) is 6. The number of nitrogens with zero attached hydrogens (tertiary/aromatic N) is 3. The average Bonchev–Trinajstić information content (AvgIpc) is 3.64. The maximum Gasteiger partial charge on any atom is 0.272 e. The van der Waals surface area contributed by atoms with Gasteiger partial charge < -0.3 is 25.0 Å². The van der Waals surface area contributed by atoms with Crippen LogP contribution in [-0.2, 0) is 4.79 Å². The highest BCUT2D eigenvalue weighted by molar-refractivity contribution is 5.94. The van der Waals surface area contributed by atoms with Crippen LogP contribution < -0.4 is 20.1 Å². The third-order valence-corrected chi connectivity index (χ3v) is 8.94. The van der Waals surface area contributed by atoms with Gasteiger partial charge in [-0.2, -0.15) is 5.10 Å². The van der Waals surface area contributed by atoms with Gasteiger partial charge in [-0.1, -0.05) is 18.9 Å². The predicted molar refractivity (Wildman–Crippen MR) is 155 cm³/mol. The van der Waals surface area contributed by atoms with E-state index in [0.29, 0.717) is 37.6 Å². The van der Waals surface area contributed by atoms with E-state index in [1.807, 2.05) is 27.8 Å². The maximum absolute atomic E-state index is 13.7. The molecule has 1 aromatic carbocycles. The molecule has 0 spiro atoms. The Bertz CT molecular complexity index is 1210. The summed E-state index contributed by atoms with van der Waals surface area (Å²) >= 11 is 0. The van der Waals surface area contributed by atoms with Crippen molar-refractivity contribution >= 4 is 11.8 Å². The number of ether oxygens (including phenoxy) is 2. The van der Waals surface area contributed by atoms with E-state index >= 15 is 0 Å². The van der Waals surface area contributed by atoms with Crippen LogP contribution in [-0.4, -0.2) is 78.4 Å². The zero-order valence-electron chi connectivity index (χ0n) is 24.7. The monoisotopic (exact) mass is 587 g/mol. The quantitative estimate of drug-likeness (QED) is 0.364. The zero-order valence-corrected chi connectivity index (χ0v) is 24.7. The number of carbonyl (C=O) groups excluding carboxylic acids is 2. The molecule has 2 aliphatic carbocycles. The second-order valence-electron chi connectivity index (χ2n) is 11.9. The number of halogens is 2. The van der Waals surface area contributed by atoms with Crippen LogP contribution in [0.2, 0.25) is 0 Å². The highest BCUT2D eigenvalue weighted by atomic mass is 19.3. The summed E-state index contributed by atoms with van der Waals surface area (Å²) in [6.45, 7) is 1.13. The molecule has 1 atom stereocenters. The van der Waals surface area contributed by atoms with E-state index in [0.717, 1.165) is 56.2 Å². The van der Waals surface area contributed by atoms with E-state index in [1.54, 1.807) is 20.3 Å². The second kappa shape index (κ2) is 13.4. The van der Waals surface area contributed by atoms with Gasteiger partial charge >= 0.3 is 0 Å². The molecule has 42 heavy (non-hydrogen) atoms. The van der Waals surface area contributed by atoms with Gasteiger partial charge in [-0.3, -0.25) is 14.3 Å². The van der Waals surface area contributed by atoms with Crippen molar-refractivity contribution in [1.82, 2.24) is 25.3 Å². The molecule has 0 radical (unpaired) electrons. The van der Waals surface area contributed by atoms with Gasteiger partial charge in [0.1, 0.15) is 11.5 Å². The van der Waals surface area contributed by atoms with E-state index < -0.39 is 12.0 Å². The second-order valence-corrected chi connectivity index (χ2v) is 11.9. The fraction of sp³-hybridized carbons (Fsp3) is 0.645. The molecule has 1 unspecified atom stereocenters. The van der Waals surface area contributed by atoms with Gasteiger partial charge in [0.05, 0.1) is 31.5 Å². The smallest absolute Gasteiger partial charge is 0.272 e. The fourth-order valence-electron chi connectivity index (χ4n) is 6.21. The lowest BCUT2D eigenvalue weighted by Crippen LogP contribution is -2.46. The number of carbonyl (C=O) groups is 2. The minimum absolute atomic E-state index is 0.105. The summed E-state index contributed by atoms with van der Waals surface area (Å²) in [5.74, 6) is -1.84. The van der Waals surface area contributed by atoms with E-state index in [9.17, 15) is 18.4 Å². The lowest BCUT2D eigenvalue weighted by atomic mass is 9.93. The van der Waals surface area contributed by atoms with Crippen molar-refractivity contribution in [3.63, 3.8) is 0 Å². The highest BCUT2D eigenvalue weighted by Crippen LogP contribution is 2.42. The van der Waals surface area contributed by atoms with E-state index in [1.165, 1.54) is 0 Å². The first-order chi connectivity index (χ1) is 20.3. The molecule has 9 nitrogen and oxygen atoms in total. The SMILES string of the molecule is COc1cccc(OC)c1-c1cc(C(=O)NC(CCN2CCC(F)(F)CC2)CC(=O)NC2CCC2)nn1C1CCCC1. The third kappa shape index (κ3) is 7.22. The Hall–Kier alpha value is -3.21. The molecule has 2 amide bonds. The average molecular weight is 588 g/mol. The minimum atomic E-state index is -2.62. The number of methoxy groups -OCH3 is 2. The van der Waals surface area contributed by atoms with Crippen LogP contribution in [0.1, 0.15) is 87.2 Å². The standard InChI is InChI=1S/C31H43F2N5O4/c1-41-26-11-6-12-27(42-2)29(26)25-20-24(36-38(25)23-9-3-4-10-23)30(40)35-22(19-28(39)34-21-7-5-8-21)13-16-37-17-14-31(32,33)15-18-37/h6,11-12,20-23H,3-5,7-10,13-19H2,1-2H3,(H,34,39)(H,35,40). The molecule has 1 aromatic heterocycles. The zero-order chi connectivity index (χ0) is 29.7. The van der Waals surface area contributed by atoms with Gasteiger partial charge in [0.2, 0.25) is 5.91 Å². The van der Waals surface area contributed by atoms with E-state index in [2.05, 4.69) is 10.6 Å². The third-order valence-electron chi connectivity index (χ3n) is 8.94. The normalized spacial score (nSPS) is 20.1. The summed E-state index contributed by atoms with van der Waals surface area (Å²) in [6.07, 6.45) is 7.43. The number of nitrogens with one attached hydrogen (secondary N) is 2. The number of amides is 2. The van der Waals surface area contributed by atoms with Crippen molar-refractivity contribution < 1.29 is 27.8 Å². The number of alkyl halides is 2. The Labute approximate surface area is 246 Å². The van der Waals surface area contributed by atoms with E-state index in [4.69, 9.17) is 14.6 Å². The first-order valence-electron chi connectivity index (χ1n) is 15.3. The molecule has 2 N–H and O–H groups in total. The molecule has 230 valence electrons. The highest BCUT2D eigenvalue weighted by Gasteiger charge is 2.34. The topological polar surface area (TPSA) is 97.7 Å². The van der Waals surface area contributed by atoms with Crippen LogP contribution in [0.25, 0.3) is 11.3 Å². The van der Waals surface area contributed by atoms with Crippen LogP contribution >= 0.6 is 0 Å². The summed E-state index contributed by atoms with van der Waals surface area (Å²) < 4.78 is 40.6. The Morgan fingerprint density at radius 1 is 1.05 bits per heavy atom. The molecule has 1 aliphatic heterocycles. The van der Waals surface area contributed by atoms with Gasteiger partial charge in [0.15, 0.2) is 5.69 Å². The van der Waals surface area contributed by atoms with Crippen molar-refractivity contribution in [3.8, 4) is 22.8 Å². The molecule has 5 rings (SSSR count). The molecule has 0 bridgehead atoms. The van der Waals surface area contributed by atoms with Crippen molar-refractivity contribution in [2.24, 2.45) is 0 Å². The van der Waals surface area contributed by atoms with Crippen LogP contribution in [0.4, 0.5) is 8.78 Å². The summed E-state index contributed by atoms with van der Waals surface area (Å²) in [5.41, 5.74) is 1.74. The minimum Gasteiger partial charge on any atom is -0.496 e. The fourth-order valence-corrected chi connectivity index (χ4v) is 6.21. The molecule has 3 aliphatic rings. The van der Waals surface area contributed by atoms with Crippen molar-refractivity contribution in [3.05, 3.63) is 30.0 Å². The van der Waals surface area contributed by atoms with Crippen LogP contribution in [0.3, 0.4) is 0 Å². The van der Waals surface area contributed by atoms with Crippen molar-refractivity contribution in [1.29, 1.82) is 0 Å². The molecule has 3 fully saturated rings. The molecular formula is C31H43F2N5O4. The van der Waals surface area contributed by atoms with Crippen LogP contribution in [0.5, 0.6) is 11.5 Å². The summed E-state index contributed by atoms with van der Waals surface area (Å²) in [4.78, 5) is 28.5. The van der Waals surface area contributed by atoms with E-state index in [-0.39, 0.29) is 48.9 Å². The van der Waals surface area contributed by atoms with Gasteiger partial charge in [-0.25, -0.2) is 8.78 Å². The number of rotatable bonds is 12. The van der Waals surface area contributed by atoms with Gasteiger partial charge in [0.25, 0.3) is 11.8 Å². The Kier molecular flexibility index (Phi) is 9.65. The number of likely N-dealkylation sites (tertiary alicyclic amines) is 1. The number of aromatic nitrogens is 2.